The third-order valence-corrected chi connectivity index (χ3v) is 7.60. The first kappa shape index (κ1) is 20.4. The summed E-state index contributed by atoms with van der Waals surface area (Å²) in [6.07, 6.45) is 4.31. The zero-order valence-electron chi connectivity index (χ0n) is 12.7. The zero-order valence-corrected chi connectivity index (χ0v) is 17.1. The van der Waals surface area contributed by atoms with E-state index in [4.69, 9.17) is 0 Å². The molecule has 116 valence electrons. The molecule has 1 N–H and O–H groups in total. The molecule has 0 radical (unpaired) electrons. The number of rotatable bonds is 7. The monoisotopic (exact) mass is 368 g/mol. The van der Waals surface area contributed by atoms with E-state index in [9.17, 15) is 13.2 Å². The van der Waals surface area contributed by atoms with Crippen molar-refractivity contribution in [2.75, 3.05) is 5.75 Å². The molecule has 0 aliphatic carbocycles. The second kappa shape index (κ2) is 10.3. The van der Waals surface area contributed by atoms with Crippen LogP contribution in [0.2, 0.25) is 0 Å². The molecule has 1 amide bonds. The van der Waals surface area contributed by atoms with Gasteiger partial charge in [0.25, 0.3) is 10.0 Å². The standard InChI is InChI=1S/C14H19NO3S3.Na/c16-14(9-5-4-6-12-10-11-19-20-12)15-21(17,18)13-7-2-1-3-8-13;/h1-3,7-8,12H,4-6,9-11H2,(H,15,16);/q;+1. The average Bonchev–Trinajstić information content (AvgIpc) is 2.97. The van der Waals surface area contributed by atoms with Crippen LogP contribution in [0.3, 0.4) is 0 Å². The van der Waals surface area contributed by atoms with Gasteiger partial charge in [0.1, 0.15) is 0 Å². The van der Waals surface area contributed by atoms with Crippen molar-refractivity contribution in [3.8, 4) is 0 Å². The predicted octanol–water partition coefficient (Wildman–Crippen LogP) is 0.210. The van der Waals surface area contributed by atoms with Crippen molar-refractivity contribution in [1.29, 1.82) is 0 Å². The molecule has 22 heavy (non-hydrogen) atoms. The van der Waals surface area contributed by atoms with Gasteiger partial charge in [-0.05, 0) is 31.4 Å². The van der Waals surface area contributed by atoms with Crippen LogP contribution in [0.5, 0.6) is 0 Å². The van der Waals surface area contributed by atoms with Crippen LogP contribution in [0.1, 0.15) is 32.1 Å². The summed E-state index contributed by atoms with van der Waals surface area (Å²) in [7, 11) is 0.120. The fourth-order valence-corrected chi connectivity index (χ4v) is 6.14. The van der Waals surface area contributed by atoms with E-state index in [1.54, 1.807) is 18.2 Å². The Balaban J connectivity index is 0.00000242. The summed E-state index contributed by atoms with van der Waals surface area (Å²) in [6.45, 7) is 0. The number of unbranched alkanes of at least 4 members (excludes halogenated alkanes) is 1. The van der Waals surface area contributed by atoms with E-state index < -0.39 is 15.9 Å². The Morgan fingerprint density at radius 2 is 1.95 bits per heavy atom. The molecular weight excluding hydrogens is 349 g/mol. The average molecular weight is 369 g/mol. The number of carbonyl (C=O) groups excluding carboxylic acids is 1. The van der Waals surface area contributed by atoms with Gasteiger partial charge in [-0.2, -0.15) is 0 Å². The zero-order chi connectivity index (χ0) is 15.1. The number of benzene rings is 1. The van der Waals surface area contributed by atoms with Gasteiger partial charge in [-0.25, -0.2) is 13.1 Å². The minimum absolute atomic E-state index is 0. The number of carbonyl (C=O) groups is 1. The Morgan fingerprint density at radius 1 is 1.23 bits per heavy atom. The molecule has 4 nitrogen and oxygen atoms in total. The Labute approximate surface area is 162 Å². The van der Waals surface area contributed by atoms with E-state index in [-0.39, 0.29) is 40.9 Å². The van der Waals surface area contributed by atoms with Crippen molar-refractivity contribution in [2.24, 2.45) is 0 Å². The van der Waals surface area contributed by atoms with Gasteiger partial charge >= 0.3 is 29.6 Å². The number of amides is 1. The maximum absolute atomic E-state index is 11.9. The first-order valence-corrected chi connectivity index (χ1v) is 10.8. The Hall–Kier alpha value is 0.340. The number of sulfonamides is 1. The van der Waals surface area contributed by atoms with Gasteiger partial charge in [0.15, 0.2) is 0 Å². The van der Waals surface area contributed by atoms with E-state index in [1.807, 2.05) is 21.6 Å². The van der Waals surface area contributed by atoms with Crippen LogP contribution in [0.4, 0.5) is 0 Å². The summed E-state index contributed by atoms with van der Waals surface area (Å²) < 4.78 is 26.0. The Morgan fingerprint density at radius 3 is 2.59 bits per heavy atom. The maximum Gasteiger partial charge on any atom is 1.00 e. The number of hydrogen-bond donors (Lipinski definition) is 1. The summed E-state index contributed by atoms with van der Waals surface area (Å²) in [5, 5.41) is 0.700. The largest absolute Gasteiger partial charge is 1.00 e. The van der Waals surface area contributed by atoms with Crippen LogP contribution < -0.4 is 34.3 Å². The van der Waals surface area contributed by atoms with Gasteiger partial charge in [0, 0.05) is 17.4 Å². The summed E-state index contributed by atoms with van der Waals surface area (Å²) >= 11 is 0. The van der Waals surface area contributed by atoms with Crippen molar-refractivity contribution in [2.45, 2.75) is 42.2 Å². The molecule has 1 saturated heterocycles. The Bertz CT molecular complexity index is 560. The topological polar surface area (TPSA) is 63.2 Å². The molecule has 1 unspecified atom stereocenters. The minimum Gasteiger partial charge on any atom is -0.274 e. The molecule has 0 aromatic heterocycles. The minimum atomic E-state index is -3.72. The second-order valence-electron chi connectivity index (χ2n) is 4.92. The third kappa shape index (κ3) is 6.84. The summed E-state index contributed by atoms with van der Waals surface area (Å²) in [6, 6.07) is 7.96. The molecule has 1 aliphatic heterocycles. The van der Waals surface area contributed by atoms with Crippen molar-refractivity contribution in [3.63, 3.8) is 0 Å². The van der Waals surface area contributed by atoms with Crippen LogP contribution in [0.25, 0.3) is 0 Å². The molecule has 1 aromatic carbocycles. The van der Waals surface area contributed by atoms with Crippen LogP contribution >= 0.6 is 21.6 Å². The van der Waals surface area contributed by atoms with E-state index in [0.717, 1.165) is 19.3 Å². The summed E-state index contributed by atoms with van der Waals surface area (Å²) in [4.78, 5) is 11.9. The summed E-state index contributed by atoms with van der Waals surface area (Å²) in [5.74, 6) is 0.790. The molecular formula is C14H19NNaO3S3+. The molecule has 1 heterocycles. The van der Waals surface area contributed by atoms with Gasteiger partial charge in [-0.15, -0.1) is 0 Å². The second-order valence-corrected chi connectivity index (χ2v) is 9.39. The first-order valence-electron chi connectivity index (χ1n) is 6.97. The van der Waals surface area contributed by atoms with Gasteiger partial charge in [0.2, 0.25) is 5.91 Å². The molecule has 8 heteroatoms. The Kier molecular flexibility index (Phi) is 9.50. The molecule has 0 bridgehead atoms. The van der Waals surface area contributed by atoms with Gasteiger partial charge in [0.05, 0.1) is 4.90 Å². The maximum atomic E-state index is 11.9. The summed E-state index contributed by atoms with van der Waals surface area (Å²) in [5.41, 5.74) is 0. The van der Waals surface area contributed by atoms with E-state index in [1.165, 1.54) is 24.3 Å². The van der Waals surface area contributed by atoms with Crippen LogP contribution in [-0.2, 0) is 14.8 Å². The smallest absolute Gasteiger partial charge is 0.274 e. The van der Waals surface area contributed by atoms with Crippen LogP contribution in [-0.4, -0.2) is 25.3 Å². The number of nitrogens with one attached hydrogen (secondary N) is 1. The first-order chi connectivity index (χ1) is 10.1. The normalized spacial score (nSPS) is 17.7. The molecule has 1 fully saturated rings. The molecule has 0 saturated carbocycles. The molecule has 1 aromatic rings. The van der Waals surface area contributed by atoms with Crippen molar-refractivity contribution in [3.05, 3.63) is 30.3 Å². The SMILES string of the molecule is O=C(CCCCC1CCSS1)NS(=O)(=O)c1ccccc1.[Na+]. The molecule has 2 rings (SSSR count). The fraction of sp³-hybridized carbons (Fsp3) is 0.500. The van der Waals surface area contributed by atoms with Gasteiger partial charge < -0.3 is 0 Å². The molecule has 1 atom stereocenters. The number of hydrogen-bond acceptors (Lipinski definition) is 5. The van der Waals surface area contributed by atoms with Crippen LogP contribution in [0.15, 0.2) is 35.2 Å². The molecule has 1 aliphatic rings. The van der Waals surface area contributed by atoms with Crippen molar-refractivity contribution < 1.29 is 42.8 Å². The van der Waals surface area contributed by atoms with E-state index >= 15 is 0 Å². The van der Waals surface area contributed by atoms with Crippen LogP contribution in [0, 0.1) is 0 Å². The van der Waals surface area contributed by atoms with Gasteiger partial charge in [-0.3, -0.25) is 4.79 Å². The molecule has 0 spiro atoms. The van der Waals surface area contributed by atoms with Crippen molar-refractivity contribution >= 4 is 37.5 Å². The van der Waals surface area contributed by atoms with E-state index in [0.29, 0.717) is 5.25 Å². The third-order valence-electron chi connectivity index (χ3n) is 3.21. The fourth-order valence-electron chi connectivity index (χ4n) is 2.08. The quantitative estimate of drug-likeness (QED) is 0.424. The van der Waals surface area contributed by atoms with Crippen molar-refractivity contribution in [1.82, 2.24) is 4.72 Å². The van der Waals surface area contributed by atoms with Gasteiger partial charge in [-0.1, -0.05) is 46.2 Å². The predicted molar refractivity (Wildman–Crippen MR) is 88.7 cm³/mol. The van der Waals surface area contributed by atoms with E-state index in [2.05, 4.69) is 4.72 Å².